The Balaban J connectivity index is 1.85. The summed E-state index contributed by atoms with van der Waals surface area (Å²) in [5.74, 6) is -0.578. The van der Waals surface area contributed by atoms with Gasteiger partial charge in [0.05, 0.1) is 6.61 Å². The number of thiophene rings is 1. The van der Waals surface area contributed by atoms with Gasteiger partial charge in [-0.25, -0.2) is 4.79 Å². The summed E-state index contributed by atoms with van der Waals surface area (Å²) in [6.07, 6.45) is 0.966. The van der Waals surface area contributed by atoms with E-state index in [2.05, 4.69) is 5.32 Å². The normalized spacial score (nSPS) is 10.7. The van der Waals surface area contributed by atoms with E-state index in [4.69, 9.17) is 16.3 Å². The van der Waals surface area contributed by atoms with Gasteiger partial charge in [0.2, 0.25) is 5.91 Å². The van der Waals surface area contributed by atoms with E-state index < -0.39 is 5.97 Å². The molecule has 0 saturated carbocycles. The molecule has 0 bridgehead atoms. The van der Waals surface area contributed by atoms with E-state index >= 15 is 0 Å². The van der Waals surface area contributed by atoms with Crippen molar-refractivity contribution in [2.75, 3.05) is 11.9 Å². The maximum atomic E-state index is 12.7. The zero-order valence-corrected chi connectivity index (χ0v) is 18.8. The zero-order chi connectivity index (χ0) is 21.7. The summed E-state index contributed by atoms with van der Waals surface area (Å²) in [5.41, 5.74) is 4.31. The number of nitrogens with one attached hydrogen (secondary N) is 1. The summed E-state index contributed by atoms with van der Waals surface area (Å²) in [5, 5.41) is 4.06. The quantitative estimate of drug-likeness (QED) is 0.429. The highest BCUT2D eigenvalue weighted by Gasteiger charge is 2.25. The van der Waals surface area contributed by atoms with Crippen LogP contribution in [0.5, 0.6) is 0 Å². The van der Waals surface area contributed by atoms with E-state index in [-0.39, 0.29) is 12.5 Å². The van der Waals surface area contributed by atoms with Crippen LogP contribution in [0.25, 0.3) is 11.1 Å². The van der Waals surface area contributed by atoms with E-state index in [9.17, 15) is 9.59 Å². The molecule has 0 fully saturated rings. The number of hydrogen-bond acceptors (Lipinski definition) is 4. The molecule has 0 saturated heterocycles. The molecule has 0 spiro atoms. The highest BCUT2D eigenvalue weighted by atomic mass is 35.5. The van der Waals surface area contributed by atoms with Crippen LogP contribution < -0.4 is 5.32 Å². The molecule has 156 valence electrons. The van der Waals surface area contributed by atoms with Gasteiger partial charge >= 0.3 is 5.97 Å². The van der Waals surface area contributed by atoms with Gasteiger partial charge in [0.25, 0.3) is 0 Å². The van der Waals surface area contributed by atoms with Crippen LogP contribution in [0.1, 0.15) is 39.7 Å². The van der Waals surface area contributed by atoms with Gasteiger partial charge in [0.15, 0.2) is 0 Å². The molecule has 3 rings (SSSR count). The van der Waals surface area contributed by atoms with Crippen molar-refractivity contribution in [2.45, 2.75) is 33.6 Å². The summed E-state index contributed by atoms with van der Waals surface area (Å²) in [7, 11) is 0. The highest BCUT2D eigenvalue weighted by molar-refractivity contribution is 7.17. The molecule has 2 aromatic carbocycles. The summed E-state index contributed by atoms with van der Waals surface area (Å²) in [4.78, 5) is 26.3. The Hall–Kier alpha value is -2.63. The van der Waals surface area contributed by atoms with Crippen LogP contribution in [0.2, 0.25) is 5.02 Å². The van der Waals surface area contributed by atoms with E-state index in [0.29, 0.717) is 28.4 Å². The molecular weight excluding hydrogens is 418 g/mol. The van der Waals surface area contributed by atoms with Gasteiger partial charge in [-0.2, -0.15) is 0 Å². The van der Waals surface area contributed by atoms with Gasteiger partial charge in [-0.05, 0) is 50.5 Å². The number of benzene rings is 2. The van der Waals surface area contributed by atoms with Crippen molar-refractivity contribution < 1.29 is 14.3 Å². The Labute approximate surface area is 185 Å². The SMILES string of the molecule is CCOC(=O)c1c(NC(=O)CCc2ccc(C)cc2)sc(C)c1-c1ccc(Cl)cc1. The summed E-state index contributed by atoms with van der Waals surface area (Å²) in [6.45, 7) is 5.98. The average Bonchev–Trinajstić information content (AvgIpc) is 3.04. The third-order valence-electron chi connectivity index (χ3n) is 4.71. The second-order valence-corrected chi connectivity index (χ2v) is 8.66. The molecule has 0 aliphatic rings. The third kappa shape index (κ3) is 5.29. The van der Waals surface area contributed by atoms with Crippen LogP contribution >= 0.6 is 22.9 Å². The first-order valence-corrected chi connectivity index (χ1v) is 11.0. The zero-order valence-electron chi connectivity index (χ0n) is 17.3. The number of aryl methyl sites for hydroxylation is 3. The molecule has 0 aliphatic heterocycles. The molecule has 1 N–H and O–H groups in total. The smallest absolute Gasteiger partial charge is 0.341 e. The second-order valence-electron chi connectivity index (χ2n) is 7.00. The lowest BCUT2D eigenvalue weighted by Gasteiger charge is -2.09. The van der Waals surface area contributed by atoms with Crippen LogP contribution in [0.15, 0.2) is 48.5 Å². The molecular formula is C24H24ClNO3S. The summed E-state index contributed by atoms with van der Waals surface area (Å²) in [6, 6.07) is 15.4. The van der Waals surface area contributed by atoms with Crippen LogP contribution in [0, 0.1) is 13.8 Å². The van der Waals surface area contributed by atoms with E-state index in [0.717, 1.165) is 21.6 Å². The number of rotatable bonds is 7. The largest absolute Gasteiger partial charge is 0.462 e. The van der Waals surface area contributed by atoms with Crippen LogP contribution in [-0.4, -0.2) is 18.5 Å². The first-order valence-electron chi connectivity index (χ1n) is 9.81. The molecule has 0 unspecified atom stereocenters. The molecule has 0 radical (unpaired) electrons. The number of carbonyl (C=O) groups is 2. The van der Waals surface area contributed by atoms with Crippen molar-refractivity contribution in [2.24, 2.45) is 0 Å². The Morgan fingerprint density at radius 1 is 1.03 bits per heavy atom. The third-order valence-corrected chi connectivity index (χ3v) is 5.98. The van der Waals surface area contributed by atoms with Crippen molar-refractivity contribution in [1.29, 1.82) is 0 Å². The minimum absolute atomic E-state index is 0.134. The predicted molar refractivity (Wildman–Crippen MR) is 124 cm³/mol. The van der Waals surface area contributed by atoms with Crippen LogP contribution in [0.3, 0.4) is 0 Å². The lowest BCUT2D eigenvalue weighted by molar-refractivity contribution is -0.116. The fourth-order valence-corrected chi connectivity index (χ4v) is 4.40. The summed E-state index contributed by atoms with van der Waals surface area (Å²) < 4.78 is 5.28. The first kappa shape index (κ1) is 22.1. The molecule has 0 aliphatic carbocycles. The lowest BCUT2D eigenvalue weighted by Crippen LogP contribution is -2.15. The maximum Gasteiger partial charge on any atom is 0.341 e. The number of anilines is 1. The maximum absolute atomic E-state index is 12.7. The summed E-state index contributed by atoms with van der Waals surface area (Å²) >= 11 is 7.39. The highest BCUT2D eigenvalue weighted by Crippen LogP contribution is 2.40. The molecule has 3 aromatic rings. The lowest BCUT2D eigenvalue weighted by atomic mass is 10.0. The Morgan fingerprint density at radius 3 is 2.33 bits per heavy atom. The fourth-order valence-electron chi connectivity index (χ4n) is 3.20. The van der Waals surface area contributed by atoms with Crippen molar-refractivity contribution in [3.63, 3.8) is 0 Å². The van der Waals surface area contributed by atoms with E-state index in [1.807, 2.05) is 50.2 Å². The number of esters is 1. The standard InChI is InChI=1S/C24H24ClNO3S/c1-4-29-24(28)22-21(18-10-12-19(25)13-11-18)16(3)30-23(22)26-20(27)14-9-17-7-5-15(2)6-8-17/h5-8,10-13H,4,9,14H2,1-3H3,(H,26,27). The second kappa shape index (κ2) is 9.92. The van der Waals surface area contributed by atoms with Crippen LogP contribution in [0.4, 0.5) is 5.00 Å². The van der Waals surface area contributed by atoms with Gasteiger partial charge in [-0.15, -0.1) is 11.3 Å². The monoisotopic (exact) mass is 441 g/mol. The molecule has 1 amide bonds. The average molecular weight is 442 g/mol. The molecule has 30 heavy (non-hydrogen) atoms. The number of amides is 1. The Morgan fingerprint density at radius 2 is 1.70 bits per heavy atom. The fraction of sp³-hybridized carbons (Fsp3) is 0.250. The number of halogens is 1. The molecule has 4 nitrogen and oxygen atoms in total. The molecule has 0 atom stereocenters. The molecule has 6 heteroatoms. The minimum Gasteiger partial charge on any atom is -0.462 e. The van der Waals surface area contributed by atoms with Gasteiger partial charge in [-0.3, -0.25) is 4.79 Å². The predicted octanol–water partition coefficient (Wildman–Crippen LogP) is 6.43. The number of carbonyl (C=O) groups excluding carboxylic acids is 2. The van der Waals surface area contributed by atoms with Gasteiger partial charge < -0.3 is 10.1 Å². The minimum atomic E-state index is -0.444. The first-order chi connectivity index (χ1) is 14.4. The van der Waals surface area contributed by atoms with Gasteiger partial charge in [0.1, 0.15) is 10.6 Å². The number of hydrogen-bond donors (Lipinski definition) is 1. The van der Waals surface area contributed by atoms with Gasteiger partial charge in [-0.1, -0.05) is 53.6 Å². The van der Waals surface area contributed by atoms with Crippen molar-refractivity contribution in [3.05, 3.63) is 75.1 Å². The Bertz CT molecular complexity index is 1040. The Kier molecular flexibility index (Phi) is 7.29. The van der Waals surface area contributed by atoms with E-state index in [1.165, 1.54) is 16.9 Å². The topological polar surface area (TPSA) is 55.4 Å². The van der Waals surface area contributed by atoms with Gasteiger partial charge in [0, 0.05) is 21.9 Å². The van der Waals surface area contributed by atoms with Crippen molar-refractivity contribution >= 4 is 39.8 Å². The van der Waals surface area contributed by atoms with Crippen molar-refractivity contribution in [3.8, 4) is 11.1 Å². The number of ether oxygens (including phenoxy) is 1. The van der Waals surface area contributed by atoms with Crippen molar-refractivity contribution in [1.82, 2.24) is 0 Å². The van der Waals surface area contributed by atoms with Crippen LogP contribution in [-0.2, 0) is 16.0 Å². The molecule has 1 heterocycles. The molecule has 1 aromatic heterocycles. The van der Waals surface area contributed by atoms with E-state index in [1.54, 1.807) is 19.1 Å².